The highest BCUT2D eigenvalue weighted by Crippen LogP contribution is 2.31. The average Bonchev–Trinajstić information content (AvgIpc) is 3.38. The van der Waals surface area contributed by atoms with Crippen LogP contribution in [-0.4, -0.2) is 14.5 Å². The maximum absolute atomic E-state index is 13.4. The number of hydrogen-bond acceptors (Lipinski definition) is 5. The van der Waals surface area contributed by atoms with E-state index in [-0.39, 0.29) is 17.9 Å². The van der Waals surface area contributed by atoms with E-state index in [9.17, 15) is 9.18 Å². The van der Waals surface area contributed by atoms with Crippen LogP contribution in [0.25, 0.3) is 32.8 Å². The standard InChI is InChI=1S/C22H13ClFN3O2S/c23-15-6-4-13(5-7-15)18-11-30-21-19(18)22(28)27(12-25-21)9-17-10-29-20(26-17)14-2-1-3-16(24)8-14/h1-8,10-12H,9H2. The first kappa shape index (κ1) is 18.7. The molecule has 0 fully saturated rings. The molecule has 0 radical (unpaired) electrons. The number of rotatable bonds is 4. The third-order valence-corrected chi connectivity index (χ3v) is 5.81. The van der Waals surface area contributed by atoms with Crippen molar-refractivity contribution in [1.29, 1.82) is 0 Å². The Labute approximate surface area is 179 Å². The Bertz CT molecular complexity index is 1420. The molecule has 0 aliphatic heterocycles. The van der Waals surface area contributed by atoms with Crippen molar-refractivity contribution in [3.8, 4) is 22.6 Å². The van der Waals surface area contributed by atoms with Crippen molar-refractivity contribution in [1.82, 2.24) is 14.5 Å². The molecule has 0 bridgehead atoms. The van der Waals surface area contributed by atoms with Crippen molar-refractivity contribution in [2.75, 3.05) is 0 Å². The summed E-state index contributed by atoms with van der Waals surface area (Å²) in [6, 6.07) is 13.3. The molecule has 8 heteroatoms. The van der Waals surface area contributed by atoms with Crippen LogP contribution >= 0.6 is 22.9 Å². The largest absolute Gasteiger partial charge is 0.444 e. The lowest BCUT2D eigenvalue weighted by Gasteiger charge is -2.04. The minimum absolute atomic E-state index is 0.165. The molecular weight excluding hydrogens is 425 g/mol. The number of fused-ring (bicyclic) bond motifs is 1. The summed E-state index contributed by atoms with van der Waals surface area (Å²) in [4.78, 5) is 22.6. The fourth-order valence-electron chi connectivity index (χ4n) is 3.23. The SMILES string of the molecule is O=c1c2c(-c3ccc(Cl)cc3)csc2ncn1Cc1coc(-c2cccc(F)c2)n1. The number of benzene rings is 2. The van der Waals surface area contributed by atoms with E-state index in [1.54, 1.807) is 24.3 Å². The molecule has 0 saturated heterocycles. The molecule has 3 heterocycles. The van der Waals surface area contributed by atoms with Crippen molar-refractivity contribution < 1.29 is 8.81 Å². The zero-order valence-electron chi connectivity index (χ0n) is 15.4. The molecule has 0 saturated carbocycles. The Balaban J connectivity index is 1.51. The van der Waals surface area contributed by atoms with Gasteiger partial charge in [-0.05, 0) is 35.9 Å². The van der Waals surface area contributed by atoms with E-state index >= 15 is 0 Å². The van der Waals surface area contributed by atoms with Crippen molar-refractivity contribution >= 4 is 33.2 Å². The lowest BCUT2D eigenvalue weighted by atomic mass is 10.1. The summed E-state index contributed by atoms with van der Waals surface area (Å²) in [5.41, 5.74) is 2.63. The monoisotopic (exact) mass is 437 g/mol. The van der Waals surface area contributed by atoms with Crippen LogP contribution in [0.15, 0.2) is 75.7 Å². The van der Waals surface area contributed by atoms with Crippen LogP contribution in [0.4, 0.5) is 4.39 Å². The molecule has 148 valence electrons. The van der Waals surface area contributed by atoms with E-state index in [1.165, 1.54) is 40.6 Å². The first-order chi connectivity index (χ1) is 14.6. The van der Waals surface area contributed by atoms with Gasteiger partial charge in [0.1, 0.15) is 16.9 Å². The van der Waals surface area contributed by atoms with Crippen molar-refractivity contribution in [2.24, 2.45) is 0 Å². The molecule has 3 aromatic heterocycles. The summed E-state index contributed by atoms with van der Waals surface area (Å²) in [7, 11) is 0. The Hall–Kier alpha value is -3.29. The van der Waals surface area contributed by atoms with Gasteiger partial charge in [-0.1, -0.05) is 29.8 Å². The maximum atomic E-state index is 13.4. The van der Waals surface area contributed by atoms with Gasteiger partial charge in [0, 0.05) is 21.5 Å². The summed E-state index contributed by atoms with van der Waals surface area (Å²) >= 11 is 7.40. The number of oxazole rings is 1. The number of thiophene rings is 1. The van der Waals surface area contributed by atoms with Crippen molar-refractivity contribution in [2.45, 2.75) is 6.54 Å². The van der Waals surface area contributed by atoms with Gasteiger partial charge in [0.05, 0.1) is 24.0 Å². The van der Waals surface area contributed by atoms with E-state index in [2.05, 4.69) is 9.97 Å². The molecule has 30 heavy (non-hydrogen) atoms. The lowest BCUT2D eigenvalue weighted by molar-refractivity contribution is 0.569. The van der Waals surface area contributed by atoms with Crippen LogP contribution in [-0.2, 0) is 6.54 Å². The van der Waals surface area contributed by atoms with E-state index in [4.69, 9.17) is 16.0 Å². The highest BCUT2D eigenvalue weighted by Gasteiger charge is 2.15. The molecule has 0 amide bonds. The van der Waals surface area contributed by atoms with Crippen LogP contribution in [0.5, 0.6) is 0 Å². The minimum atomic E-state index is -0.370. The molecule has 5 aromatic rings. The number of nitrogens with zero attached hydrogens (tertiary/aromatic N) is 3. The van der Waals surface area contributed by atoms with Crippen molar-refractivity contribution in [3.63, 3.8) is 0 Å². The molecular formula is C22H13ClFN3O2S. The van der Waals surface area contributed by atoms with E-state index in [0.717, 1.165) is 11.1 Å². The summed E-state index contributed by atoms with van der Waals surface area (Å²) in [6.45, 7) is 0.191. The predicted molar refractivity (Wildman–Crippen MR) is 115 cm³/mol. The summed E-state index contributed by atoms with van der Waals surface area (Å²) in [5.74, 6) is -0.0747. The van der Waals surface area contributed by atoms with Gasteiger partial charge >= 0.3 is 0 Å². The molecule has 0 N–H and O–H groups in total. The lowest BCUT2D eigenvalue weighted by Crippen LogP contribution is -2.21. The second kappa shape index (κ2) is 7.51. The highest BCUT2D eigenvalue weighted by atomic mass is 35.5. The van der Waals surface area contributed by atoms with Gasteiger partial charge in [-0.25, -0.2) is 14.4 Å². The fraction of sp³-hybridized carbons (Fsp3) is 0.0455. The summed E-state index contributed by atoms with van der Waals surface area (Å²) < 4.78 is 20.4. The highest BCUT2D eigenvalue weighted by molar-refractivity contribution is 7.17. The van der Waals surface area contributed by atoms with Gasteiger partial charge in [-0.3, -0.25) is 9.36 Å². The summed E-state index contributed by atoms with van der Waals surface area (Å²) in [5, 5.41) is 3.11. The Kier molecular flexibility index (Phi) is 4.69. The smallest absolute Gasteiger partial charge is 0.263 e. The average molecular weight is 438 g/mol. The van der Waals surface area contributed by atoms with Gasteiger partial charge in [-0.2, -0.15) is 0 Å². The van der Waals surface area contributed by atoms with Gasteiger partial charge < -0.3 is 4.42 Å². The zero-order chi connectivity index (χ0) is 20.7. The zero-order valence-corrected chi connectivity index (χ0v) is 17.0. The normalized spacial score (nSPS) is 11.3. The third-order valence-electron chi connectivity index (χ3n) is 4.67. The molecule has 0 spiro atoms. The number of halogens is 2. The van der Waals surface area contributed by atoms with Gasteiger partial charge in [0.25, 0.3) is 5.56 Å². The maximum Gasteiger partial charge on any atom is 0.263 e. The second-order valence-corrected chi connectivity index (χ2v) is 7.96. The quantitative estimate of drug-likeness (QED) is 0.366. The third kappa shape index (κ3) is 3.42. The minimum Gasteiger partial charge on any atom is -0.444 e. The first-order valence-corrected chi connectivity index (χ1v) is 10.3. The second-order valence-electron chi connectivity index (χ2n) is 6.67. The number of aromatic nitrogens is 3. The first-order valence-electron chi connectivity index (χ1n) is 9.01. The molecule has 5 nitrogen and oxygen atoms in total. The number of hydrogen-bond donors (Lipinski definition) is 0. The Morgan fingerprint density at radius 1 is 1.13 bits per heavy atom. The molecule has 0 unspecified atom stereocenters. The van der Waals surface area contributed by atoms with Crippen LogP contribution in [0, 0.1) is 5.82 Å². The Morgan fingerprint density at radius 3 is 2.77 bits per heavy atom. The molecule has 0 aliphatic carbocycles. The molecule has 0 aliphatic rings. The fourth-order valence-corrected chi connectivity index (χ4v) is 4.26. The van der Waals surface area contributed by atoms with Gasteiger partial charge in [0.2, 0.25) is 5.89 Å². The Morgan fingerprint density at radius 2 is 1.97 bits per heavy atom. The van der Waals surface area contributed by atoms with Crippen molar-refractivity contribution in [3.05, 3.63) is 93.4 Å². The van der Waals surface area contributed by atoms with Crippen LogP contribution in [0.3, 0.4) is 0 Å². The van der Waals surface area contributed by atoms with Crippen LogP contribution < -0.4 is 5.56 Å². The van der Waals surface area contributed by atoms with E-state index in [1.807, 2.05) is 17.5 Å². The predicted octanol–water partition coefficient (Wildman–Crippen LogP) is 5.62. The van der Waals surface area contributed by atoms with E-state index < -0.39 is 0 Å². The van der Waals surface area contributed by atoms with Gasteiger partial charge in [-0.15, -0.1) is 11.3 Å². The van der Waals surface area contributed by atoms with Crippen LogP contribution in [0.1, 0.15) is 5.69 Å². The molecule has 5 rings (SSSR count). The van der Waals surface area contributed by atoms with E-state index in [0.29, 0.717) is 32.4 Å². The molecule has 2 aromatic carbocycles. The molecule has 0 atom stereocenters. The van der Waals surface area contributed by atoms with Crippen LogP contribution in [0.2, 0.25) is 5.02 Å². The summed E-state index contributed by atoms with van der Waals surface area (Å²) in [6.07, 6.45) is 2.97. The topological polar surface area (TPSA) is 60.9 Å². The van der Waals surface area contributed by atoms with Gasteiger partial charge in [0.15, 0.2) is 0 Å².